The Morgan fingerprint density at radius 3 is 2.43 bits per heavy atom. The first-order valence-electron chi connectivity index (χ1n) is 11.7. The van der Waals surface area contributed by atoms with Crippen molar-refractivity contribution < 1.29 is 23.8 Å². The highest BCUT2D eigenvalue weighted by Gasteiger charge is 2.65. The van der Waals surface area contributed by atoms with Gasteiger partial charge in [0.1, 0.15) is 22.8 Å². The number of rotatable bonds is 3. The minimum Gasteiger partial charge on any atom is -0.497 e. The van der Waals surface area contributed by atoms with Gasteiger partial charge >= 0.3 is 0 Å². The number of hydrogen-bond donors (Lipinski definition) is 1. The Kier molecular flexibility index (Phi) is 4.78. The first kappa shape index (κ1) is 21.5. The molecule has 3 aromatic carbocycles. The fourth-order valence-corrected chi connectivity index (χ4v) is 6.12. The first-order chi connectivity index (χ1) is 17.0. The smallest absolute Gasteiger partial charge is 0.257 e. The molecule has 3 aromatic rings. The molecule has 35 heavy (non-hydrogen) atoms. The first-order valence-corrected chi connectivity index (χ1v) is 11.7. The number of nitrogens with one attached hydrogen (secondary N) is 1. The number of hydrogen-bond acceptors (Lipinski definition) is 5. The van der Waals surface area contributed by atoms with Crippen molar-refractivity contribution in [3.63, 3.8) is 0 Å². The second kappa shape index (κ2) is 7.77. The number of anilines is 1. The summed E-state index contributed by atoms with van der Waals surface area (Å²) in [5, 5.41) is 3.05. The van der Waals surface area contributed by atoms with Gasteiger partial charge in [-0.2, -0.15) is 0 Å². The quantitative estimate of drug-likeness (QED) is 0.614. The van der Waals surface area contributed by atoms with Gasteiger partial charge in [-0.1, -0.05) is 30.3 Å². The Bertz CT molecular complexity index is 1340. The molecule has 7 nitrogen and oxygen atoms in total. The molecule has 0 bridgehead atoms. The molecule has 1 saturated heterocycles. The molecule has 4 atom stereocenters. The number of ether oxygens (including phenoxy) is 3. The summed E-state index contributed by atoms with van der Waals surface area (Å²) >= 11 is 0. The molecule has 3 heterocycles. The molecule has 3 aliphatic heterocycles. The lowest BCUT2D eigenvalue weighted by Crippen LogP contribution is -2.54. The maximum Gasteiger partial charge on any atom is 0.257 e. The minimum atomic E-state index is -1.15. The standard InChI is InChI=1S/C28H26N2O5/c1-28-24(16-7-5-4-6-8-16)21-15-35-23-14-18(34-3)9-11-19(23)25(21)30(28)26(31)20-13-17(33-2)10-12-22(20)29-27(28)32/h4-14,21,24-25H,15H2,1-3H3,(H,29,32)/t21?,24?,25?,28-/m1/s1. The number of methoxy groups -OCH3 is 2. The van der Waals surface area contributed by atoms with E-state index in [1.54, 1.807) is 37.3 Å². The molecule has 3 aliphatic rings. The van der Waals surface area contributed by atoms with Crippen LogP contribution in [0.2, 0.25) is 0 Å². The number of nitrogens with zero attached hydrogens (tertiary/aromatic N) is 1. The highest BCUT2D eigenvalue weighted by Crippen LogP contribution is 2.60. The van der Waals surface area contributed by atoms with Gasteiger partial charge in [0.05, 0.1) is 38.1 Å². The van der Waals surface area contributed by atoms with Crippen LogP contribution in [0.4, 0.5) is 5.69 Å². The number of carbonyl (C=O) groups excluding carboxylic acids is 2. The van der Waals surface area contributed by atoms with Gasteiger partial charge in [0.25, 0.3) is 11.8 Å². The molecule has 0 aromatic heterocycles. The van der Waals surface area contributed by atoms with Crippen molar-refractivity contribution in [1.82, 2.24) is 4.90 Å². The van der Waals surface area contributed by atoms with Gasteiger partial charge in [-0.15, -0.1) is 0 Å². The van der Waals surface area contributed by atoms with Crippen LogP contribution in [0, 0.1) is 5.92 Å². The average Bonchev–Trinajstić information content (AvgIpc) is 3.14. The van der Waals surface area contributed by atoms with E-state index in [9.17, 15) is 9.59 Å². The molecule has 2 amide bonds. The van der Waals surface area contributed by atoms with Crippen LogP contribution in [0.1, 0.15) is 40.4 Å². The molecule has 0 radical (unpaired) electrons. The molecule has 3 unspecified atom stereocenters. The molecular weight excluding hydrogens is 444 g/mol. The molecule has 0 aliphatic carbocycles. The van der Waals surface area contributed by atoms with E-state index in [-0.39, 0.29) is 29.7 Å². The normalized spacial score (nSPS) is 26.4. The largest absolute Gasteiger partial charge is 0.497 e. The molecule has 1 N–H and O–H groups in total. The second-order valence-electron chi connectivity index (χ2n) is 9.40. The van der Waals surface area contributed by atoms with Gasteiger partial charge in [-0.3, -0.25) is 9.59 Å². The van der Waals surface area contributed by atoms with Crippen LogP contribution in [-0.2, 0) is 4.79 Å². The summed E-state index contributed by atoms with van der Waals surface area (Å²) in [6.07, 6.45) is 0. The Morgan fingerprint density at radius 1 is 0.971 bits per heavy atom. The van der Waals surface area contributed by atoms with Gasteiger partial charge in [0.15, 0.2) is 0 Å². The molecule has 1 fully saturated rings. The van der Waals surface area contributed by atoms with Crippen molar-refractivity contribution in [2.45, 2.75) is 24.4 Å². The second-order valence-corrected chi connectivity index (χ2v) is 9.40. The highest BCUT2D eigenvalue weighted by atomic mass is 16.5. The third-order valence-electron chi connectivity index (χ3n) is 7.73. The molecule has 0 saturated carbocycles. The van der Waals surface area contributed by atoms with Crippen LogP contribution in [0.5, 0.6) is 17.2 Å². The zero-order chi connectivity index (χ0) is 24.3. The fraction of sp³-hybridized carbons (Fsp3) is 0.286. The molecule has 0 spiro atoms. The Morgan fingerprint density at radius 2 is 1.69 bits per heavy atom. The van der Waals surface area contributed by atoms with Crippen molar-refractivity contribution in [1.29, 1.82) is 0 Å². The van der Waals surface area contributed by atoms with E-state index in [0.717, 1.165) is 11.1 Å². The van der Waals surface area contributed by atoms with Crippen LogP contribution >= 0.6 is 0 Å². The third kappa shape index (κ3) is 2.97. The maximum absolute atomic E-state index is 14.3. The number of amides is 2. The monoisotopic (exact) mass is 470 g/mol. The zero-order valence-electron chi connectivity index (χ0n) is 19.8. The van der Waals surface area contributed by atoms with Crippen molar-refractivity contribution >= 4 is 17.5 Å². The summed E-state index contributed by atoms with van der Waals surface area (Å²) in [5.41, 5.74) is 1.63. The summed E-state index contributed by atoms with van der Waals surface area (Å²) in [5.74, 6) is 1.09. The molecule has 6 rings (SSSR count). The van der Waals surface area contributed by atoms with E-state index in [1.165, 1.54) is 0 Å². The molecule has 178 valence electrons. The maximum atomic E-state index is 14.3. The van der Waals surface area contributed by atoms with E-state index in [2.05, 4.69) is 5.32 Å². The topological polar surface area (TPSA) is 77.1 Å². The van der Waals surface area contributed by atoms with Crippen molar-refractivity contribution in [3.05, 3.63) is 83.4 Å². The lowest BCUT2D eigenvalue weighted by Gasteiger charge is -2.38. The van der Waals surface area contributed by atoms with Crippen molar-refractivity contribution in [2.24, 2.45) is 5.92 Å². The van der Waals surface area contributed by atoms with Crippen LogP contribution in [0.3, 0.4) is 0 Å². The van der Waals surface area contributed by atoms with Gasteiger partial charge in [0.2, 0.25) is 0 Å². The summed E-state index contributed by atoms with van der Waals surface area (Å²) in [4.78, 5) is 30.1. The van der Waals surface area contributed by atoms with E-state index in [4.69, 9.17) is 14.2 Å². The summed E-state index contributed by atoms with van der Waals surface area (Å²) in [6.45, 7) is 2.25. The minimum absolute atomic E-state index is 0.120. The van der Waals surface area contributed by atoms with Crippen LogP contribution < -0.4 is 19.5 Å². The van der Waals surface area contributed by atoms with Gasteiger partial charge in [-0.25, -0.2) is 0 Å². The van der Waals surface area contributed by atoms with Crippen molar-refractivity contribution in [2.75, 3.05) is 26.1 Å². The van der Waals surface area contributed by atoms with E-state index in [0.29, 0.717) is 35.1 Å². The van der Waals surface area contributed by atoms with Gasteiger partial charge in [-0.05, 0) is 42.8 Å². The Labute approximate surface area is 203 Å². The van der Waals surface area contributed by atoms with E-state index in [1.807, 2.05) is 55.5 Å². The Hall–Kier alpha value is -4.00. The lowest BCUT2D eigenvalue weighted by molar-refractivity contribution is -0.125. The van der Waals surface area contributed by atoms with Crippen LogP contribution in [0.15, 0.2) is 66.7 Å². The summed E-state index contributed by atoms with van der Waals surface area (Å²) in [7, 11) is 3.17. The number of benzene rings is 3. The lowest BCUT2D eigenvalue weighted by atomic mass is 9.73. The summed E-state index contributed by atoms with van der Waals surface area (Å²) in [6, 6.07) is 20.4. The number of carbonyl (C=O) groups is 2. The average molecular weight is 471 g/mol. The summed E-state index contributed by atoms with van der Waals surface area (Å²) < 4.78 is 17.0. The van der Waals surface area contributed by atoms with Crippen LogP contribution in [-0.4, -0.2) is 43.1 Å². The molecular formula is C28H26N2O5. The van der Waals surface area contributed by atoms with Crippen molar-refractivity contribution in [3.8, 4) is 17.2 Å². The predicted molar refractivity (Wildman–Crippen MR) is 130 cm³/mol. The van der Waals surface area contributed by atoms with E-state index < -0.39 is 5.54 Å². The fourth-order valence-electron chi connectivity index (χ4n) is 6.12. The predicted octanol–water partition coefficient (Wildman–Crippen LogP) is 4.40. The number of fused-ring (bicyclic) bond motifs is 6. The highest BCUT2D eigenvalue weighted by molar-refractivity contribution is 6.13. The van der Waals surface area contributed by atoms with E-state index >= 15 is 0 Å². The zero-order valence-corrected chi connectivity index (χ0v) is 19.8. The molecule has 7 heteroatoms. The van der Waals surface area contributed by atoms with Crippen LogP contribution in [0.25, 0.3) is 0 Å². The SMILES string of the molecule is COc1ccc2c(c1)OCC1C2N2C(=O)c3cc(OC)ccc3NC(=O)[C@@]2(C)C1c1ccccc1. The third-order valence-corrected chi connectivity index (χ3v) is 7.73. The van der Waals surface area contributed by atoms with Gasteiger partial charge in [0, 0.05) is 23.5 Å². The Balaban J connectivity index is 1.60. The van der Waals surface area contributed by atoms with Gasteiger partial charge < -0.3 is 24.4 Å².